The minimum Gasteiger partial charge on any atom is -0.388 e. The Bertz CT molecular complexity index is 429. The van der Waals surface area contributed by atoms with Crippen LogP contribution in [0.15, 0.2) is 36.7 Å². The van der Waals surface area contributed by atoms with Crippen molar-refractivity contribution in [2.45, 2.75) is 12.5 Å². The Kier molecular flexibility index (Phi) is 3.36. The highest BCUT2D eigenvalue weighted by Gasteiger charge is 2.09. The fraction of sp³-hybridized carbons (Fsp3) is 0.182. The van der Waals surface area contributed by atoms with E-state index in [0.29, 0.717) is 6.42 Å². The molecular weight excluding hydrogens is 230 g/mol. The molecule has 0 saturated heterocycles. The zero-order chi connectivity index (χ0) is 10.7. The van der Waals surface area contributed by atoms with Gasteiger partial charge in [0.15, 0.2) is 0 Å². The third-order valence-corrected chi connectivity index (χ3v) is 3.35. The molecule has 0 saturated carbocycles. The summed E-state index contributed by atoms with van der Waals surface area (Å²) in [5.41, 5.74) is 0.835. The van der Waals surface area contributed by atoms with Crippen molar-refractivity contribution in [2.24, 2.45) is 0 Å². The highest BCUT2D eigenvalue weighted by Crippen LogP contribution is 2.26. The summed E-state index contributed by atoms with van der Waals surface area (Å²) in [6, 6.07) is 7.47. The van der Waals surface area contributed by atoms with Crippen molar-refractivity contribution in [3.63, 3.8) is 0 Å². The van der Waals surface area contributed by atoms with Crippen molar-refractivity contribution >= 4 is 22.9 Å². The number of halogens is 1. The first-order valence-corrected chi connectivity index (χ1v) is 5.77. The van der Waals surface area contributed by atoms with Gasteiger partial charge in [0.2, 0.25) is 0 Å². The first kappa shape index (κ1) is 10.6. The summed E-state index contributed by atoms with van der Waals surface area (Å²) in [5.74, 6) is 0. The predicted molar refractivity (Wildman–Crippen MR) is 62.2 cm³/mol. The Labute approximate surface area is 97.2 Å². The number of hydrogen-bond acceptors (Lipinski definition) is 3. The molecule has 0 aromatic carbocycles. The van der Waals surface area contributed by atoms with E-state index in [0.717, 1.165) is 14.8 Å². The van der Waals surface area contributed by atoms with Gasteiger partial charge in [-0.2, -0.15) is 0 Å². The topological polar surface area (TPSA) is 33.1 Å². The Hall–Kier alpha value is -0.900. The molecule has 1 unspecified atom stereocenters. The van der Waals surface area contributed by atoms with E-state index in [9.17, 15) is 5.11 Å². The second kappa shape index (κ2) is 4.75. The van der Waals surface area contributed by atoms with Crippen molar-refractivity contribution in [1.82, 2.24) is 4.98 Å². The smallest absolute Gasteiger partial charge is 0.0931 e. The van der Waals surface area contributed by atoms with Crippen molar-refractivity contribution in [3.05, 3.63) is 51.4 Å². The molecule has 0 spiro atoms. The van der Waals surface area contributed by atoms with Crippen molar-refractivity contribution in [2.75, 3.05) is 0 Å². The average molecular weight is 240 g/mol. The lowest BCUT2D eigenvalue weighted by Gasteiger charge is -2.08. The van der Waals surface area contributed by atoms with E-state index < -0.39 is 6.10 Å². The maximum atomic E-state index is 9.91. The fourth-order valence-corrected chi connectivity index (χ4v) is 2.47. The van der Waals surface area contributed by atoms with E-state index in [1.807, 2.05) is 24.3 Å². The Morgan fingerprint density at radius 2 is 2.27 bits per heavy atom. The summed E-state index contributed by atoms with van der Waals surface area (Å²) in [7, 11) is 0. The average Bonchev–Trinajstić information content (AvgIpc) is 2.65. The van der Waals surface area contributed by atoms with Crippen LogP contribution in [0.5, 0.6) is 0 Å². The molecule has 0 aliphatic rings. The largest absolute Gasteiger partial charge is 0.388 e. The second-order valence-electron chi connectivity index (χ2n) is 3.21. The predicted octanol–water partition coefficient (Wildman–Crippen LogP) is 3.07. The van der Waals surface area contributed by atoms with Crippen LogP contribution in [0.2, 0.25) is 4.34 Å². The van der Waals surface area contributed by atoms with Gasteiger partial charge < -0.3 is 5.11 Å². The standard InChI is InChI=1S/C11H10ClNOS/c12-11-4-3-9(15-11)6-10(14)8-2-1-5-13-7-8/h1-5,7,10,14H,6H2. The molecule has 15 heavy (non-hydrogen) atoms. The van der Waals surface area contributed by atoms with Crippen molar-refractivity contribution in [1.29, 1.82) is 0 Å². The Morgan fingerprint density at radius 3 is 2.87 bits per heavy atom. The molecule has 0 radical (unpaired) electrons. The van der Waals surface area contributed by atoms with Gasteiger partial charge >= 0.3 is 0 Å². The molecule has 2 aromatic heterocycles. The molecule has 1 atom stereocenters. The number of thiophene rings is 1. The molecule has 4 heteroatoms. The lowest BCUT2D eigenvalue weighted by Crippen LogP contribution is -2.00. The highest BCUT2D eigenvalue weighted by atomic mass is 35.5. The molecule has 2 nitrogen and oxygen atoms in total. The van der Waals surface area contributed by atoms with E-state index in [4.69, 9.17) is 11.6 Å². The summed E-state index contributed by atoms with van der Waals surface area (Å²) < 4.78 is 0.753. The Balaban J connectivity index is 2.07. The van der Waals surface area contributed by atoms with Crippen LogP contribution in [0.1, 0.15) is 16.5 Å². The normalized spacial score (nSPS) is 12.7. The number of nitrogens with zero attached hydrogens (tertiary/aromatic N) is 1. The van der Waals surface area contributed by atoms with Crippen molar-refractivity contribution in [3.8, 4) is 0 Å². The third-order valence-electron chi connectivity index (χ3n) is 2.09. The van der Waals surface area contributed by atoms with E-state index in [-0.39, 0.29) is 0 Å². The summed E-state index contributed by atoms with van der Waals surface area (Å²) >= 11 is 7.31. The van der Waals surface area contributed by atoms with E-state index in [2.05, 4.69) is 4.98 Å². The number of aliphatic hydroxyl groups excluding tert-OH is 1. The van der Waals surface area contributed by atoms with Gasteiger partial charge in [0.1, 0.15) is 0 Å². The molecule has 0 bridgehead atoms. The lowest BCUT2D eigenvalue weighted by atomic mass is 10.1. The van der Waals surface area contributed by atoms with Gasteiger partial charge in [0.25, 0.3) is 0 Å². The van der Waals surface area contributed by atoms with Crippen LogP contribution in [0.4, 0.5) is 0 Å². The number of hydrogen-bond donors (Lipinski definition) is 1. The second-order valence-corrected chi connectivity index (χ2v) is 5.01. The summed E-state index contributed by atoms with van der Waals surface area (Å²) in [5, 5.41) is 9.91. The van der Waals surface area contributed by atoms with Crippen LogP contribution < -0.4 is 0 Å². The molecule has 2 aromatic rings. The van der Waals surface area contributed by atoms with Crippen LogP contribution in [-0.4, -0.2) is 10.1 Å². The third kappa shape index (κ3) is 2.78. The number of aliphatic hydroxyl groups is 1. The zero-order valence-electron chi connectivity index (χ0n) is 7.93. The van der Waals surface area contributed by atoms with Crippen LogP contribution in [-0.2, 0) is 6.42 Å². The van der Waals surface area contributed by atoms with Crippen LogP contribution in [0.25, 0.3) is 0 Å². The molecular formula is C11H10ClNOS. The molecule has 0 fully saturated rings. The SMILES string of the molecule is OC(Cc1ccc(Cl)s1)c1cccnc1. The van der Waals surface area contributed by atoms with Crippen LogP contribution in [0.3, 0.4) is 0 Å². The minimum absolute atomic E-state index is 0.506. The van der Waals surface area contributed by atoms with Gasteiger partial charge in [-0.3, -0.25) is 4.98 Å². The van der Waals surface area contributed by atoms with Gasteiger partial charge in [0.05, 0.1) is 10.4 Å². The van der Waals surface area contributed by atoms with E-state index >= 15 is 0 Å². The molecule has 2 heterocycles. The van der Waals surface area contributed by atoms with Gasteiger partial charge in [-0.15, -0.1) is 11.3 Å². The number of pyridine rings is 1. The molecule has 1 N–H and O–H groups in total. The van der Waals surface area contributed by atoms with Gasteiger partial charge in [-0.05, 0) is 23.8 Å². The van der Waals surface area contributed by atoms with Gasteiger partial charge in [-0.1, -0.05) is 17.7 Å². The lowest BCUT2D eigenvalue weighted by molar-refractivity contribution is 0.179. The first-order valence-electron chi connectivity index (χ1n) is 4.58. The molecule has 0 aliphatic heterocycles. The summed E-state index contributed by atoms with van der Waals surface area (Å²) in [6.45, 7) is 0. The number of rotatable bonds is 3. The van der Waals surface area contributed by atoms with Gasteiger partial charge in [0, 0.05) is 23.7 Å². The fourth-order valence-electron chi connectivity index (χ4n) is 1.34. The molecule has 78 valence electrons. The summed E-state index contributed by atoms with van der Waals surface area (Å²) in [4.78, 5) is 5.05. The van der Waals surface area contributed by atoms with E-state index in [1.165, 1.54) is 11.3 Å². The molecule has 2 rings (SSSR count). The molecule has 0 amide bonds. The zero-order valence-corrected chi connectivity index (χ0v) is 9.50. The minimum atomic E-state index is -0.506. The quantitative estimate of drug-likeness (QED) is 0.893. The van der Waals surface area contributed by atoms with Gasteiger partial charge in [-0.25, -0.2) is 0 Å². The van der Waals surface area contributed by atoms with Crippen molar-refractivity contribution < 1.29 is 5.11 Å². The number of aromatic nitrogens is 1. The summed E-state index contributed by atoms with van der Waals surface area (Å²) in [6.07, 6.45) is 3.45. The van der Waals surface area contributed by atoms with Crippen LogP contribution in [0, 0.1) is 0 Å². The Morgan fingerprint density at radius 1 is 1.40 bits per heavy atom. The van der Waals surface area contributed by atoms with Crippen LogP contribution >= 0.6 is 22.9 Å². The van der Waals surface area contributed by atoms with E-state index in [1.54, 1.807) is 12.4 Å². The molecule has 0 aliphatic carbocycles. The maximum absolute atomic E-state index is 9.91. The highest BCUT2D eigenvalue weighted by molar-refractivity contribution is 7.16. The maximum Gasteiger partial charge on any atom is 0.0931 e. The first-order chi connectivity index (χ1) is 7.25. The monoisotopic (exact) mass is 239 g/mol.